The van der Waals surface area contributed by atoms with E-state index in [-0.39, 0.29) is 12.5 Å². The Morgan fingerprint density at radius 2 is 1.92 bits per heavy atom. The molecule has 0 aromatic rings. The Hall–Kier alpha value is -1.10. The van der Waals surface area contributed by atoms with Crippen LogP contribution >= 0.6 is 0 Å². The molecule has 67 valence electrons. The molecule has 0 aliphatic carbocycles. The van der Waals surface area contributed by atoms with Crippen molar-refractivity contribution in [2.45, 2.75) is 0 Å². The van der Waals surface area contributed by atoms with Crippen molar-refractivity contribution in [2.24, 2.45) is 5.73 Å². The molecule has 12 heavy (non-hydrogen) atoms. The number of nitrogens with zero attached hydrogens (tertiary/aromatic N) is 2. The standard InChI is InChI=1S/C7H12N3O2/c8-7(12)5-9-1-3-10(6-11)4-2-9/h1-5H2,(H2,8,12). The Bertz CT molecular complexity index is 175. The molecule has 1 aliphatic rings. The first-order valence-corrected chi connectivity index (χ1v) is 3.86. The summed E-state index contributed by atoms with van der Waals surface area (Å²) in [5.74, 6) is -0.321. The van der Waals surface area contributed by atoms with Gasteiger partial charge in [0, 0.05) is 26.2 Å². The minimum Gasteiger partial charge on any atom is -0.369 e. The van der Waals surface area contributed by atoms with E-state index in [9.17, 15) is 9.59 Å². The van der Waals surface area contributed by atoms with Gasteiger partial charge in [-0.05, 0) is 0 Å². The van der Waals surface area contributed by atoms with Crippen LogP contribution in [0, 0.1) is 0 Å². The molecule has 1 heterocycles. The van der Waals surface area contributed by atoms with E-state index in [0.29, 0.717) is 26.2 Å². The second kappa shape index (κ2) is 4.06. The third kappa shape index (κ3) is 2.50. The molecule has 0 saturated carbocycles. The zero-order valence-corrected chi connectivity index (χ0v) is 6.82. The smallest absolute Gasteiger partial charge is 0.312 e. The van der Waals surface area contributed by atoms with Gasteiger partial charge in [0.05, 0.1) is 6.54 Å². The number of carbonyl (C=O) groups excluding carboxylic acids is 2. The molecular formula is C7H12N3O2. The average molecular weight is 170 g/mol. The minimum atomic E-state index is -0.321. The number of piperazine rings is 1. The van der Waals surface area contributed by atoms with Gasteiger partial charge in [-0.15, -0.1) is 0 Å². The quantitative estimate of drug-likeness (QED) is 0.541. The van der Waals surface area contributed by atoms with Crippen molar-refractivity contribution in [1.29, 1.82) is 0 Å². The normalized spacial score (nSPS) is 19.2. The van der Waals surface area contributed by atoms with Gasteiger partial charge < -0.3 is 10.6 Å². The second-order valence-corrected chi connectivity index (χ2v) is 2.82. The molecule has 5 heteroatoms. The summed E-state index contributed by atoms with van der Waals surface area (Å²) < 4.78 is 0. The largest absolute Gasteiger partial charge is 0.369 e. The third-order valence-electron chi connectivity index (χ3n) is 1.88. The Balaban J connectivity index is 2.26. The molecule has 0 aromatic carbocycles. The van der Waals surface area contributed by atoms with Crippen molar-refractivity contribution >= 4 is 12.3 Å². The van der Waals surface area contributed by atoms with Crippen LogP contribution in [0.5, 0.6) is 0 Å². The molecule has 1 fully saturated rings. The number of hydrogen-bond donors (Lipinski definition) is 1. The van der Waals surface area contributed by atoms with Crippen LogP contribution < -0.4 is 5.73 Å². The molecule has 1 saturated heterocycles. The van der Waals surface area contributed by atoms with Crippen molar-refractivity contribution in [3.63, 3.8) is 0 Å². The molecule has 0 spiro atoms. The van der Waals surface area contributed by atoms with E-state index >= 15 is 0 Å². The molecule has 2 N–H and O–H groups in total. The number of hydrogen-bond acceptors (Lipinski definition) is 3. The Kier molecular flexibility index (Phi) is 3.04. The van der Waals surface area contributed by atoms with E-state index in [0.717, 1.165) is 0 Å². The van der Waals surface area contributed by atoms with Gasteiger partial charge in [0.25, 0.3) is 0 Å². The maximum absolute atomic E-state index is 10.5. The fourth-order valence-corrected chi connectivity index (χ4v) is 1.22. The second-order valence-electron chi connectivity index (χ2n) is 2.82. The zero-order valence-electron chi connectivity index (χ0n) is 6.82. The van der Waals surface area contributed by atoms with Gasteiger partial charge in [-0.2, -0.15) is 0 Å². The Morgan fingerprint density at radius 3 is 2.33 bits per heavy atom. The maximum atomic E-state index is 10.5. The lowest BCUT2D eigenvalue weighted by Crippen LogP contribution is -2.48. The molecule has 1 radical (unpaired) electrons. The van der Waals surface area contributed by atoms with Gasteiger partial charge >= 0.3 is 6.41 Å². The lowest BCUT2D eigenvalue weighted by molar-refractivity contribution is -0.119. The highest BCUT2D eigenvalue weighted by atomic mass is 16.1. The summed E-state index contributed by atoms with van der Waals surface area (Å²) in [6.07, 6.45) is 1.82. The summed E-state index contributed by atoms with van der Waals surface area (Å²) in [4.78, 5) is 24.2. The van der Waals surface area contributed by atoms with Gasteiger partial charge in [0.1, 0.15) is 0 Å². The van der Waals surface area contributed by atoms with Crippen molar-refractivity contribution < 1.29 is 9.59 Å². The Morgan fingerprint density at radius 1 is 1.33 bits per heavy atom. The van der Waals surface area contributed by atoms with Gasteiger partial charge in [0.2, 0.25) is 5.91 Å². The molecule has 1 aliphatic heterocycles. The van der Waals surface area contributed by atoms with Crippen LogP contribution in [0.1, 0.15) is 0 Å². The van der Waals surface area contributed by atoms with Crippen LogP contribution in [-0.2, 0) is 9.59 Å². The van der Waals surface area contributed by atoms with Crippen LogP contribution in [0.4, 0.5) is 0 Å². The SMILES string of the molecule is NC(=O)CN1CCN([C]=O)CC1. The third-order valence-corrected chi connectivity index (χ3v) is 1.88. The van der Waals surface area contributed by atoms with Crippen LogP contribution in [0.3, 0.4) is 0 Å². The monoisotopic (exact) mass is 170 g/mol. The van der Waals surface area contributed by atoms with E-state index in [1.807, 2.05) is 11.3 Å². The first-order chi connectivity index (χ1) is 5.72. The first kappa shape index (κ1) is 8.99. The van der Waals surface area contributed by atoms with E-state index < -0.39 is 0 Å². The van der Waals surface area contributed by atoms with E-state index in [4.69, 9.17) is 5.73 Å². The van der Waals surface area contributed by atoms with Crippen LogP contribution in [0.2, 0.25) is 0 Å². The average Bonchev–Trinajstić information content (AvgIpc) is 2.05. The summed E-state index contributed by atoms with van der Waals surface area (Å²) in [6, 6.07) is 0. The summed E-state index contributed by atoms with van der Waals surface area (Å²) in [7, 11) is 0. The van der Waals surface area contributed by atoms with Gasteiger partial charge in [-0.3, -0.25) is 14.5 Å². The minimum absolute atomic E-state index is 0.284. The van der Waals surface area contributed by atoms with E-state index in [2.05, 4.69) is 0 Å². The maximum Gasteiger partial charge on any atom is 0.312 e. The fourth-order valence-electron chi connectivity index (χ4n) is 1.22. The fraction of sp³-hybridized carbons (Fsp3) is 0.714. The number of nitrogens with two attached hydrogens (primary N) is 1. The van der Waals surface area contributed by atoms with Crippen molar-refractivity contribution in [3.8, 4) is 0 Å². The first-order valence-electron chi connectivity index (χ1n) is 3.86. The van der Waals surface area contributed by atoms with Gasteiger partial charge in [0.15, 0.2) is 0 Å². The molecular weight excluding hydrogens is 158 g/mol. The lowest BCUT2D eigenvalue weighted by atomic mass is 10.3. The predicted octanol–water partition coefficient (Wildman–Crippen LogP) is -1.84. The van der Waals surface area contributed by atoms with Crippen molar-refractivity contribution in [3.05, 3.63) is 0 Å². The molecule has 1 rings (SSSR count). The number of primary amides is 1. The van der Waals surface area contributed by atoms with Crippen molar-refractivity contribution in [2.75, 3.05) is 32.7 Å². The van der Waals surface area contributed by atoms with Gasteiger partial charge in [-0.1, -0.05) is 0 Å². The zero-order chi connectivity index (χ0) is 8.97. The number of carbonyl (C=O) groups is 1. The van der Waals surface area contributed by atoms with E-state index in [1.54, 1.807) is 4.90 Å². The predicted molar refractivity (Wildman–Crippen MR) is 42.9 cm³/mol. The number of amides is 2. The molecule has 0 bridgehead atoms. The van der Waals surface area contributed by atoms with Crippen molar-refractivity contribution in [1.82, 2.24) is 9.80 Å². The molecule has 5 nitrogen and oxygen atoms in total. The van der Waals surface area contributed by atoms with Crippen LogP contribution in [-0.4, -0.2) is 54.8 Å². The van der Waals surface area contributed by atoms with Crippen LogP contribution in [0.15, 0.2) is 0 Å². The summed E-state index contributed by atoms with van der Waals surface area (Å²) >= 11 is 0. The van der Waals surface area contributed by atoms with Crippen LogP contribution in [0.25, 0.3) is 0 Å². The highest BCUT2D eigenvalue weighted by Gasteiger charge is 2.16. The lowest BCUT2D eigenvalue weighted by Gasteiger charge is -2.30. The highest BCUT2D eigenvalue weighted by molar-refractivity contribution is 5.75. The molecule has 0 aromatic heterocycles. The summed E-state index contributed by atoms with van der Waals surface area (Å²) in [6.45, 7) is 2.97. The highest BCUT2D eigenvalue weighted by Crippen LogP contribution is 1.97. The molecule has 0 atom stereocenters. The van der Waals surface area contributed by atoms with E-state index in [1.165, 1.54) is 0 Å². The number of rotatable bonds is 3. The summed E-state index contributed by atoms with van der Waals surface area (Å²) in [5.41, 5.74) is 5.02. The van der Waals surface area contributed by atoms with Gasteiger partial charge in [-0.25, -0.2) is 0 Å². The summed E-state index contributed by atoms with van der Waals surface area (Å²) in [5, 5.41) is 0. The Labute approximate surface area is 71.1 Å². The molecule has 2 amide bonds. The molecule has 0 unspecified atom stereocenters. The topological polar surface area (TPSA) is 66.6 Å².